The minimum atomic E-state index is -0.159. The highest BCUT2D eigenvalue weighted by Crippen LogP contribution is 2.25. The van der Waals surface area contributed by atoms with Crippen molar-refractivity contribution in [1.82, 2.24) is 25.8 Å². The van der Waals surface area contributed by atoms with Crippen molar-refractivity contribution in [3.63, 3.8) is 0 Å². The van der Waals surface area contributed by atoms with Gasteiger partial charge in [-0.1, -0.05) is 6.92 Å². The van der Waals surface area contributed by atoms with Crippen LogP contribution in [0.1, 0.15) is 30.3 Å². The molecule has 3 aliphatic heterocycles. The summed E-state index contributed by atoms with van der Waals surface area (Å²) in [5.41, 5.74) is 1.51. The quantitative estimate of drug-likeness (QED) is 0.663. The Balaban J connectivity index is 1.25. The Morgan fingerprint density at radius 3 is 2.69 bits per heavy atom. The first-order chi connectivity index (χ1) is 14.0. The molecular formula is C21H32N6O2. The Hall–Kier alpha value is -2.19. The highest BCUT2D eigenvalue weighted by molar-refractivity contribution is 5.92. The second-order valence-corrected chi connectivity index (χ2v) is 8.64. The smallest absolute Gasteiger partial charge is 0.269 e. The zero-order chi connectivity index (χ0) is 20.4. The van der Waals surface area contributed by atoms with Gasteiger partial charge in [0.15, 0.2) is 0 Å². The number of hydrogen-bond donors (Lipinski definition) is 3. The number of carbonyl (C=O) groups is 2. The van der Waals surface area contributed by atoms with E-state index in [4.69, 9.17) is 0 Å². The number of nitrogens with zero attached hydrogens (tertiary/aromatic N) is 3. The van der Waals surface area contributed by atoms with Gasteiger partial charge in [0.1, 0.15) is 5.69 Å². The van der Waals surface area contributed by atoms with E-state index in [1.807, 2.05) is 13.0 Å². The van der Waals surface area contributed by atoms with Crippen LogP contribution in [0.5, 0.6) is 0 Å². The summed E-state index contributed by atoms with van der Waals surface area (Å²) in [6, 6.07) is 4.47. The summed E-state index contributed by atoms with van der Waals surface area (Å²) in [7, 11) is 1.61. The molecule has 0 spiro atoms. The van der Waals surface area contributed by atoms with E-state index in [0.29, 0.717) is 17.7 Å². The molecule has 4 unspecified atom stereocenters. The molecule has 3 aliphatic rings. The standard InChI is InChI=1S/C21H32N6O2/c1-14-9-18-19(25-20(14)28)10-15(11-23-18)13-26-5-7-27(8-6-26)16-3-4-17(24-12-16)21(29)22-2/h3-4,12,14-15,18-19,23H,5-11,13H2,1-2H3,(H,22,29)(H,25,28). The number of carbonyl (C=O) groups excluding carboxylic acids is 2. The zero-order valence-electron chi connectivity index (χ0n) is 17.4. The summed E-state index contributed by atoms with van der Waals surface area (Å²) in [6.07, 6.45) is 3.81. The lowest BCUT2D eigenvalue weighted by atomic mass is 9.82. The molecule has 0 aromatic carbocycles. The molecule has 2 amide bonds. The van der Waals surface area contributed by atoms with Crippen LogP contribution < -0.4 is 20.9 Å². The van der Waals surface area contributed by atoms with Crippen molar-refractivity contribution in [1.29, 1.82) is 0 Å². The maximum atomic E-state index is 12.0. The second-order valence-electron chi connectivity index (χ2n) is 8.64. The van der Waals surface area contributed by atoms with Crippen molar-refractivity contribution < 1.29 is 9.59 Å². The topological polar surface area (TPSA) is 89.6 Å². The molecule has 158 valence electrons. The molecule has 8 heteroatoms. The monoisotopic (exact) mass is 400 g/mol. The van der Waals surface area contributed by atoms with Gasteiger partial charge in [-0.15, -0.1) is 0 Å². The minimum absolute atomic E-state index is 0.119. The summed E-state index contributed by atoms with van der Waals surface area (Å²) >= 11 is 0. The van der Waals surface area contributed by atoms with Gasteiger partial charge >= 0.3 is 0 Å². The molecule has 3 saturated heterocycles. The van der Waals surface area contributed by atoms with Crippen LogP contribution in [0.25, 0.3) is 0 Å². The van der Waals surface area contributed by atoms with E-state index in [9.17, 15) is 9.59 Å². The van der Waals surface area contributed by atoms with Gasteiger partial charge in [-0.25, -0.2) is 4.98 Å². The van der Waals surface area contributed by atoms with Crippen LogP contribution in [0.4, 0.5) is 5.69 Å². The fourth-order valence-corrected chi connectivity index (χ4v) is 4.82. The molecule has 1 aromatic heterocycles. The van der Waals surface area contributed by atoms with E-state index >= 15 is 0 Å². The SMILES string of the molecule is CNC(=O)c1ccc(N2CCN(CC3CNC4CC(C)C(=O)NC4C3)CC2)cn1. The van der Waals surface area contributed by atoms with Crippen LogP contribution in [-0.4, -0.2) is 80.1 Å². The number of piperazine rings is 1. The second kappa shape index (κ2) is 8.67. The van der Waals surface area contributed by atoms with Crippen molar-refractivity contribution in [3.05, 3.63) is 24.0 Å². The van der Waals surface area contributed by atoms with Gasteiger partial charge in [0.25, 0.3) is 5.91 Å². The lowest BCUT2D eigenvalue weighted by molar-refractivity contribution is -0.128. The lowest BCUT2D eigenvalue weighted by Crippen LogP contribution is -2.62. The van der Waals surface area contributed by atoms with Crippen molar-refractivity contribution in [2.45, 2.75) is 31.8 Å². The number of aromatic nitrogens is 1. The number of anilines is 1. The highest BCUT2D eigenvalue weighted by atomic mass is 16.2. The molecule has 0 bridgehead atoms. The van der Waals surface area contributed by atoms with Crippen LogP contribution in [0, 0.1) is 11.8 Å². The molecular weight excluding hydrogens is 368 g/mol. The van der Waals surface area contributed by atoms with E-state index in [-0.39, 0.29) is 23.8 Å². The van der Waals surface area contributed by atoms with E-state index in [2.05, 4.69) is 30.7 Å². The molecule has 0 radical (unpaired) electrons. The molecule has 4 rings (SSSR count). The number of nitrogens with one attached hydrogen (secondary N) is 3. The van der Waals surface area contributed by atoms with Crippen LogP contribution >= 0.6 is 0 Å². The van der Waals surface area contributed by atoms with Gasteiger partial charge in [0.2, 0.25) is 5.91 Å². The fraction of sp³-hybridized carbons (Fsp3) is 0.667. The Kier molecular flexibility index (Phi) is 6.01. The number of piperidine rings is 2. The first-order valence-electron chi connectivity index (χ1n) is 10.7. The maximum Gasteiger partial charge on any atom is 0.269 e. The van der Waals surface area contributed by atoms with Gasteiger partial charge in [-0.2, -0.15) is 0 Å². The Labute approximate surface area is 172 Å². The van der Waals surface area contributed by atoms with Gasteiger partial charge in [-0.3, -0.25) is 14.5 Å². The fourth-order valence-electron chi connectivity index (χ4n) is 4.82. The molecule has 4 atom stereocenters. The van der Waals surface area contributed by atoms with Gasteiger partial charge in [0.05, 0.1) is 11.9 Å². The third kappa shape index (κ3) is 4.53. The molecule has 1 aromatic rings. The zero-order valence-corrected chi connectivity index (χ0v) is 17.4. The van der Waals surface area contributed by atoms with E-state index in [1.54, 1.807) is 19.3 Å². The average Bonchev–Trinajstić information content (AvgIpc) is 2.75. The Morgan fingerprint density at radius 1 is 1.21 bits per heavy atom. The molecule has 3 N–H and O–H groups in total. The van der Waals surface area contributed by atoms with Gasteiger partial charge in [-0.05, 0) is 37.4 Å². The highest BCUT2D eigenvalue weighted by Gasteiger charge is 2.38. The summed E-state index contributed by atoms with van der Waals surface area (Å²) in [5.74, 6) is 0.741. The minimum Gasteiger partial charge on any atom is -0.368 e. The summed E-state index contributed by atoms with van der Waals surface area (Å²) in [4.78, 5) is 32.8. The Morgan fingerprint density at radius 2 is 2.00 bits per heavy atom. The summed E-state index contributed by atoms with van der Waals surface area (Å²) in [6.45, 7) is 8.08. The first kappa shape index (κ1) is 20.1. The van der Waals surface area contributed by atoms with Crippen molar-refractivity contribution >= 4 is 17.5 Å². The van der Waals surface area contributed by atoms with E-state index in [0.717, 1.165) is 57.8 Å². The van der Waals surface area contributed by atoms with Crippen molar-refractivity contribution in [2.75, 3.05) is 51.2 Å². The predicted octanol–water partition coefficient (Wildman–Crippen LogP) is 0.0659. The third-order valence-corrected chi connectivity index (χ3v) is 6.59. The third-order valence-electron chi connectivity index (χ3n) is 6.59. The lowest BCUT2D eigenvalue weighted by Gasteiger charge is -2.44. The van der Waals surface area contributed by atoms with Crippen LogP contribution in [0.3, 0.4) is 0 Å². The van der Waals surface area contributed by atoms with Crippen molar-refractivity contribution in [2.24, 2.45) is 11.8 Å². The van der Waals surface area contributed by atoms with Crippen LogP contribution in [-0.2, 0) is 4.79 Å². The number of fused-ring (bicyclic) bond motifs is 1. The molecule has 3 fully saturated rings. The number of hydrogen-bond acceptors (Lipinski definition) is 6. The first-order valence-corrected chi connectivity index (χ1v) is 10.7. The van der Waals surface area contributed by atoms with E-state index in [1.165, 1.54) is 0 Å². The largest absolute Gasteiger partial charge is 0.368 e. The summed E-state index contributed by atoms with van der Waals surface area (Å²) < 4.78 is 0. The molecule has 0 saturated carbocycles. The maximum absolute atomic E-state index is 12.0. The van der Waals surface area contributed by atoms with Crippen LogP contribution in [0.15, 0.2) is 18.3 Å². The van der Waals surface area contributed by atoms with Gasteiger partial charge in [0, 0.05) is 57.8 Å². The van der Waals surface area contributed by atoms with Crippen molar-refractivity contribution in [3.8, 4) is 0 Å². The van der Waals surface area contributed by atoms with Gasteiger partial charge < -0.3 is 20.9 Å². The van der Waals surface area contributed by atoms with E-state index < -0.39 is 0 Å². The predicted molar refractivity (Wildman–Crippen MR) is 112 cm³/mol. The Bertz CT molecular complexity index is 731. The van der Waals surface area contributed by atoms with Crippen LogP contribution in [0.2, 0.25) is 0 Å². The summed E-state index contributed by atoms with van der Waals surface area (Å²) in [5, 5.41) is 9.49. The number of amides is 2. The molecule has 29 heavy (non-hydrogen) atoms. The molecule has 4 heterocycles. The molecule has 0 aliphatic carbocycles. The molecule has 8 nitrogen and oxygen atoms in total. The number of pyridine rings is 1. The average molecular weight is 401 g/mol. The normalized spacial score (nSPS) is 30.4. The number of rotatable bonds is 4.